The number of nitriles is 1. The summed E-state index contributed by atoms with van der Waals surface area (Å²) in [6, 6.07) is 27.6. The van der Waals surface area contributed by atoms with Crippen LogP contribution in [0.4, 0.5) is 0 Å². The van der Waals surface area contributed by atoms with Crippen molar-refractivity contribution in [1.29, 1.82) is 5.26 Å². The molecule has 2 aromatic heterocycles. The molecule has 166 valence electrons. The molecule has 1 atom stereocenters. The standard InChI is InChI=1S/C27H20N4O3/c28-15-20-8-4-5-9-24(20)33-16-21-11-13-25(34-21)27(32)31-26(18-6-2-1-3-7-18)19-10-12-22-23(14-19)30-17-29-22/h1-14,17,26H,16H2,(H,29,30)(H,31,32). The summed E-state index contributed by atoms with van der Waals surface area (Å²) in [6.07, 6.45) is 1.64. The average Bonchev–Trinajstić information content (AvgIpc) is 3.56. The molecule has 0 saturated carbocycles. The average molecular weight is 448 g/mol. The minimum absolute atomic E-state index is 0.102. The third-order valence-electron chi connectivity index (χ3n) is 5.45. The summed E-state index contributed by atoms with van der Waals surface area (Å²) in [4.78, 5) is 20.5. The van der Waals surface area contributed by atoms with Gasteiger partial charge in [0.25, 0.3) is 5.91 Å². The number of furan rings is 1. The van der Waals surface area contributed by atoms with Gasteiger partial charge < -0.3 is 19.5 Å². The van der Waals surface area contributed by atoms with Gasteiger partial charge in [-0.15, -0.1) is 0 Å². The Balaban J connectivity index is 1.35. The quantitative estimate of drug-likeness (QED) is 0.359. The maximum atomic E-state index is 13.1. The minimum atomic E-state index is -0.381. The van der Waals surface area contributed by atoms with E-state index in [0.29, 0.717) is 17.1 Å². The summed E-state index contributed by atoms with van der Waals surface area (Å²) in [5, 5.41) is 12.3. The van der Waals surface area contributed by atoms with E-state index in [2.05, 4.69) is 21.4 Å². The van der Waals surface area contributed by atoms with Crippen molar-refractivity contribution in [2.24, 2.45) is 0 Å². The number of hydrogen-bond donors (Lipinski definition) is 2. The van der Waals surface area contributed by atoms with Crippen molar-refractivity contribution in [2.45, 2.75) is 12.6 Å². The highest BCUT2D eigenvalue weighted by atomic mass is 16.5. The first-order valence-corrected chi connectivity index (χ1v) is 10.7. The maximum Gasteiger partial charge on any atom is 0.287 e. The molecule has 0 spiro atoms. The lowest BCUT2D eigenvalue weighted by Crippen LogP contribution is -2.29. The van der Waals surface area contributed by atoms with Crippen molar-refractivity contribution in [2.75, 3.05) is 0 Å². The van der Waals surface area contributed by atoms with Gasteiger partial charge in [0.1, 0.15) is 24.2 Å². The van der Waals surface area contributed by atoms with Crippen LogP contribution < -0.4 is 10.1 Å². The summed E-state index contributed by atoms with van der Waals surface area (Å²) >= 11 is 0. The third-order valence-corrected chi connectivity index (χ3v) is 5.45. The van der Waals surface area contributed by atoms with E-state index >= 15 is 0 Å². The number of ether oxygens (including phenoxy) is 1. The van der Waals surface area contributed by atoms with Gasteiger partial charge in [0.2, 0.25) is 0 Å². The van der Waals surface area contributed by atoms with Crippen LogP contribution in [0, 0.1) is 11.3 Å². The van der Waals surface area contributed by atoms with Gasteiger partial charge in [-0.3, -0.25) is 4.79 Å². The molecule has 5 aromatic rings. The summed E-state index contributed by atoms with van der Waals surface area (Å²) < 4.78 is 11.4. The Bertz CT molecular complexity index is 1480. The molecule has 2 N–H and O–H groups in total. The van der Waals surface area contributed by atoms with Gasteiger partial charge in [0.15, 0.2) is 5.76 Å². The monoisotopic (exact) mass is 448 g/mol. The number of nitrogens with zero attached hydrogens (tertiary/aromatic N) is 2. The lowest BCUT2D eigenvalue weighted by atomic mass is 9.98. The molecule has 7 nitrogen and oxygen atoms in total. The largest absolute Gasteiger partial charge is 0.484 e. The Kier molecular flexibility index (Phi) is 5.78. The molecule has 0 saturated heterocycles. The second-order valence-electron chi connectivity index (χ2n) is 7.66. The molecule has 1 unspecified atom stereocenters. The molecule has 3 aromatic carbocycles. The zero-order valence-electron chi connectivity index (χ0n) is 18.1. The van der Waals surface area contributed by atoms with E-state index in [1.54, 1.807) is 42.7 Å². The number of aromatic amines is 1. The molecular formula is C27H20N4O3. The fraction of sp³-hybridized carbons (Fsp3) is 0.0741. The van der Waals surface area contributed by atoms with E-state index in [4.69, 9.17) is 9.15 Å². The Labute approximate surface area is 195 Å². The van der Waals surface area contributed by atoms with E-state index in [1.807, 2.05) is 48.5 Å². The van der Waals surface area contributed by atoms with Crippen molar-refractivity contribution in [3.05, 3.63) is 119 Å². The maximum absolute atomic E-state index is 13.1. The fourth-order valence-corrected chi connectivity index (χ4v) is 3.75. The zero-order chi connectivity index (χ0) is 23.3. The molecule has 2 heterocycles. The summed E-state index contributed by atoms with van der Waals surface area (Å²) in [5.74, 6) is 0.775. The zero-order valence-corrected chi connectivity index (χ0v) is 18.1. The molecule has 34 heavy (non-hydrogen) atoms. The van der Waals surface area contributed by atoms with E-state index in [1.165, 1.54) is 0 Å². The van der Waals surface area contributed by atoms with Gasteiger partial charge in [0, 0.05) is 0 Å². The number of hydrogen-bond acceptors (Lipinski definition) is 5. The lowest BCUT2D eigenvalue weighted by molar-refractivity contribution is 0.0911. The Morgan fingerprint density at radius 1 is 1.03 bits per heavy atom. The SMILES string of the molecule is N#Cc1ccccc1OCc1ccc(C(=O)NC(c2ccccc2)c2ccc3nc[nH]c3c2)o1. The van der Waals surface area contributed by atoms with Crippen LogP contribution in [0.3, 0.4) is 0 Å². The van der Waals surface area contributed by atoms with E-state index < -0.39 is 0 Å². The summed E-state index contributed by atoms with van der Waals surface area (Å²) in [7, 11) is 0. The summed E-state index contributed by atoms with van der Waals surface area (Å²) in [6.45, 7) is 0.102. The Hall–Kier alpha value is -4.83. The predicted octanol–water partition coefficient (Wildman–Crippen LogP) is 5.13. The molecular weight excluding hydrogens is 428 g/mol. The minimum Gasteiger partial charge on any atom is -0.484 e. The van der Waals surface area contributed by atoms with Crippen molar-refractivity contribution in [3.63, 3.8) is 0 Å². The lowest BCUT2D eigenvalue weighted by Gasteiger charge is -2.19. The topological polar surface area (TPSA) is 104 Å². The number of nitrogens with one attached hydrogen (secondary N) is 2. The molecule has 0 radical (unpaired) electrons. The van der Waals surface area contributed by atoms with Crippen LogP contribution >= 0.6 is 0 Å². The molecule has 0 aliphatic rings. The van der Waals surface area contributed by atoms with Crippen molar-refractivity contribution in [3.8, 4) is 11.8 Å². The van der Waals surface area contributed by atoms with Crippen LogP contribution in [0.15, 0.2) is 95.7 Å². The van der Waals surface area contributed by atoms with Gasteiger partial charge in [0.05, 0.1) is 29.0 Å². The first-order chi connectivity index (χ1) is 16.7. The number of imidazole rings is 1. The van der Waals surface area contributed by atoms with Crippen molar-refractivity contribution in [1.82, 2.24) is 15.3 Å². The van der Waals surface area contributed by atoms with Gasteiger partial charge in [-0.2, -0.15) is 5.26 Å². The number of amides is 1. The number of carbonyl (C=O) groups is 1. The van der Waals surface area contributed by atoms with E-state index in [0.717, 1.165) is 22.2 Å². The second-order valence-corrected chi connectivity index (χ2v) is 7.66. The van der Waals surface area contributed by atoms with Crippen molar-refractivity contribution < 1.29 is 13.9 Å². The molecule has 0 bridgehead atoms. The van der Waals surface area contributed by atoms with Crippen LogP contribution in [-0.4, -0.2) is 15.9 Å². The normalized spacial score (nSPS) is 11.6. The number of rotatable bonds is 7. The van der Waals surface area contributed by atoms with Crippen LogP contribution in [0.25, 0.3) is 11.0 Å². The number of benzene rings is 3. The van der Waals surface area contributed by atoms with Crippen LogP contribution in [0.1, 0.15) is 39.0 Å². The van der Waals surface area contributed by atoms with E-state index in [-0.39, 0.29) is 24.3 Å². The molecule has 0 aliphatic carbocycles. The van der Waals surface area contributed by atoms with E-state index in [9.17, 15) is 10.1 Å². The summed E-state index contributed by atoms with van der Waals surface area (Å²) in [5.41, 5.74) is 4.04. The Morgan fingerprint density at radius 2 is 1.85 bits per heavy atom. The molecule has 5 rings (SSSR count). The first kappa shape index (κ1) is 21.0. The van der Waals surface area contributed by atoms with Crippen LogP contribution in [0.5, 0.6) is 5.75 Å². The highest BCUT2D eigenvalue weighted by molar-refractivity contribution is 5.92. The number of carbonyl (C=O) groups excluding carboxylic acids is 1. The number of aromatic nitrogens is 2. The van der Waals surface area contributed by atoms with Crippen LogP contribution in [0.2, 0.25) is 0 Å². The van der Waals surface area contributed by atoms with Crippen molar-refractivity contribution >= 4 is 16.9 Å². The van der Waals surface area contributed by atoms with Gasteiger partial charge in [-0.25, -0.2) is 4.98 Å². The van der Waals surface area contributed by atoms with Gasteiger partial charge in [-0.1, -0.05) is 48.5 Å². The smallest absolute Gasteiger partial charge is 0.287 e. The molecule has 0 aliphatic heterocycles. The second kappa shape index (κ2) is 9.35. The highest BCUT2D eigenvalue weighted by Gasteiger charge is 2.21. The molecule has 1 amide bonds. The number of fused-ring (bicyclic) bond motifs is 1. The number of para-hydroxylation sites is 1. The Morgan fingerprint density at radius 3 is 2.71 bits per heavy atom. The third kappa shape index (κ3) is 4.38. The number of H-pyrrole nitrogens is 1. The van der Waals surface area contributed by atoms with Crippen LogP contribution in [-0.2, 0) is 6.61 Å². The predicted molar refractivity (Wildman–Crippen MR) is 126 cm³/mol. The van der Waals surface area contributed by atoms with Gasteiger partial charge in [-0.05, 0) is 47.5 Å². The highest BCUT2D eigenvalue weighted by Crippen LogP contribution is 2.25. The fourth-order valence-electron chi connectivity index (χ4n) is 3.75. The molecule has 7 heteroatoms. The first-order valence-electron chi connectivity index (χ1n) is 10.7. The molecule has 0 fully saturated rings. The van der Waals surface area contributed by atoms with Gasteiger partial charge >= 0.3 is 0 Å².